The normalized spacial score (nSPS) is 10.2. The van der Waals surface area contributed by atoms with E-state index in [1.165, 1.54) is 0 Å². The number of hydrogen-bond donors (Lipinski definition) is 0. The molecular formula is C21H18O3. The summed E-state index contributed by atoms with van der Waals surface area (Å²) in [4.78, 5) is 12.0. The Morgan fingerprint density at radius 2 is 1.29 bits per heavy atom. The van der Waals surface area contributed by atoms with E-state index in [0.717, 1.165) is 11.3 Å². The van der Waals surface area contributed by atoms with E-state index in [4.69, 9.17) is 9.47 Å². The van der Waals surface area contributed by atoms with Gasteiger partial charge in [0.2, 0.25) is 0 Å². The predicted octanol–water partition coefficient (Wildman–Crippen LogP) is 4.88. The van der Waals surface area contributed by atoms with Crippen LogP contribution in [0.1, 0.15) is 15.9 Å². The zero-order valence-corrected chi connectivity index (χ0v) is 13.2. The minimum atomic E-state index is -0.322. The smallest absolute Gasteiger partial charge is 0.338 e. The van der Waals surface area contributed by atoms with Crippen LogP contribution in [-0.2, 0) is 11.2 Å². The highest BCUT2D eigenvalue weighted by molar-refractivity contribution is 5.89. The fraction of sp³-hybridized carbons (Fsp3) is 0.0952. The van der Waals surface area contributed by atoms with Crippen molar-refractivity contribution in [3.8, 4) is 11.5 Å². The number of carbonyl (C=O) groups excluding carboxylic acids is 1. The number of benzene rings is 3. The fourth-order valence-electron chi connectivity index (χ4n) is 2.27. The molecule has 120 valence electrons. The average molecular weight is 318 g/mol. The van der Waals surface area contributed by atoms with Crippen molar-refractivity contribution >= 4 is 5.97 Å². The van der Waals surface area contributed by atoms with Gasteiger partial charge in [-0.15, -0.1) is 0 Å². The van der Waals surface area contributed by atoms with Crippen LogP contribution in [0.5, 0.6) is 11.5 Å². The van der Waals surface area contributed by atoms with E-state index in [0.29, 0.717) is 24.3 Å². The second-order valence-corrected chi connectivity index (χ2v) is 5.31. The lowest BCUT2D eigenvalue weighted by Crippen LogP contribution is -2.08. The van der Waals surface area contributed by atoms with Crippen molar-refractivity contribution in [3.63, 3.8) is 0 Å². The third-order valence-electron chi connectivity index (χ3n) is 3.54. The molecule has 0 bridgehead atoms. The van der Waals surface area contributed by atoms with Crippen molar-refractivity contribution in [2.24, 2.45) is 0 Å². The first-order valence-corrected chi connectivity index (χ1v) is 7.85. The molecule has 0 unspecified atom stereocenters. The highest BCUT2D eigenvalue weighted by Crippen LogP contribution is 2.21. The van der Waals surface area contributed by atoms with Gasteiger partial charge in [-0.3, -0.25) is 0 Å². The molecule has 3 heteroatoms. The van der Waals surface area contributed by atoms with E-state index >= 15 is 0 Å². The van der Waals surface area contributed by atoms with Crippen molar-refractivity contribution in [1.29, 1.82) is 0 Å². The van der Waals surface area contributed by atoms with Crippen molar-refractivity contribution in [2.45, 2.75) is 6.42 Å². The minimum absolute atomic E-state index is 0.322. The van der Waals surface area contributed by atoms with E-state index < -0.39 is 0 Å². The molecule has 0 amide bonds. The average Bonchev–Trinajstić information content (AvgIpc) is 2.64. The van der Waals surface area contributed by atoms with Gasteiger partial charge < -0.3 is 9.47 Å². The molecule has 3 aromatic rings. The van der Waals surface area contributed by atoms with Crippen molar-refractivity contribution < 1.29 is 14.3 Å². The largest absolute Gasteiger partial charge is 0.462 e. The maximum absolute atomic E-state index is 12.0. The molecule has 0 saturated heterocycles. The standard InChI is InChI=1S/C21H18O3/c22-21(23-16-15-17-7-3-1-4-8-17)18-11-13-20(14-12-18)24-19-9-5-2-6-10-19/h1-14H,15-16H2. The third kappa shape index (κ3) is 4.46. The molecule has 0 aliphatic heterocycles. The summed E-state index contributed by atoms with van der Waals surface area (Å²) in [7, 11) is 0. The number of ether oxygens (including phenoxy) is 2. The van der Waals surface area contributed by atoms with Gasteiger partial charge in [0.15, 0.2) is 0 Å². The maximum Gasteiger partial charge on any atom is 0.338 e. The van der Waals surface area contributed by atoms with Gasteiger partial charge in [0.25, 0.3) is 0 Å². The summed E-state index contributed by atoms with van der Waals surface area (Å²) in [5, 5.41) is 0. The Kier molecular flexibility index (Phi) is 5.25. The Bertz CT molecular complexity index is 765. The van der Waals surface area contributed by atoms with Crippen LogP contribution in [0.4, 0.5) is 0 Å². The summed E-state index contributed by atoms with van der Waals surface area (Å²) < 4.78 is 11.0. The van der Waals surface area contributed by atoms with Gasteiger partial charge in [-0.25, -0.2) is 4.79 Å². The molecule has 0 radical (unpaired) electrons. The Labute approximate surface area is 141 Å². The molecule has 0 heterocycles. The Balaban J connectivity index is 1.52. The third-order valence-corrected chi connectivity index (χ3v) is 3.54. The molecule has 3 rings (SSSR count). The Hall–Kier alpha value is -3.07. The number of esters is 1. The topological polar surface area (TPSA) is 35.5 Å². The summed E-state index contributed by atoms with van der Waals surface area (Å²) in [6.07, 6.45) is 0.710. The van der Waals surface area contributed by atoms with E-state index in [1.54, 1.807) is 24.3 Å². The first-order valence-electron chi connectivity index (χ1n) is 7.85. The quantitative estimate of drug-likeness (QED) is 0.608. The Morgan fingerprint density at radius 1 is 0.708 bits per heavy atom. The monoisotopic (exact) mass is 318 g/mol. The van der Waals surface area contributed by atoms with Crippen LogP contribution >= 0.6 is 0 Å². The van der Waals surface area contributed by atoms with Crippen LogP contribution in [0.3, 0.4) is 0 Å². The number of para-hydroxylation sites is 1. The zero-order valence-electron chi connectivity index (χ0n) is 13.2. The summed E-state index contributed by atoms with van der Waals surface area (Å²) in [6, 6.07) is 26.4. The van der Waals surface area contributed by atoms with Crippen molar-refractivity contribution in [2.75, 3.05) is 6.61 Å². The van der Waals surface area contributed by atoms with Crippen LogP contribution < -0.4 is 4.74 Å². The summed E-state index contributed by atoms with van der Waals surface area (Å²) >= 11 is 0. The highest BCUT2D eigenvalue weighted by Gasteiger charge is 2.07. The Morgan fingerprint density at radius 3 is 1.96 bits per heavy atom. The predicted molar refractivity (Wildman–Crippen MR) is 93.4 cm³/mol. The zero-order chi connectivity index (χ0) is 16.6. The number of hydrogen-bond acceptors (Lipinski definition) is 3. The summed E-state index contributed by atoms with van der Waals surface area (Å²) in [6.45, 7) is 0.366. The van der Waals surface area contributed by atoms with Crippen molar-refractivity contribution in [1.82, 2.24) is 0 Å². The maximum atomic E-state index is 12.0. The van der Waals surface area contributed by atoms with Gasteiger partial charge in [-0.2, -0.15) is 0 Å². The molecule has 0 saturated carbocycles. The summed E-state index contributed by atoms with van der Waals surface area (Å²) in [5.41, 5.74) is 1.67. The lowest BCUT2D eigenvalue weighted by molar-refractivity contribution is 0.0509. The van der Waals surface area contributed by atoms with Crippen LogP contribution in [0.25, 0.3) is 0 Å². The molecule has 0 aromatic heterocycles. The number of carbonyl (C=O) groups is 1. The second kappa shape index (κ2) is 7.97. The van der Waals surface area contributed by atoms with Crippen LogP contribution in [0.15, 0.2) is 84.9 Å². The second-order valence-electron chi connectivity index (χ2n) is 5.31. The highest BCUT2D eigenvalue weighted by atomic mass is 16.5. The molecule has 0 spiro atoms. The molecule has 3 aromatic carbocycles. The first-order chi connectivity index (χ1) is 11.8. The van der Waals surface area contributed by atoms with Gasteiger partial charge in [-0.1, -0.05) is 48.5 Å². The lowest BCUT2D eigenvalue weighted by atomic mass is 10.2. The SMILES string of the molecule is O=C(OCCc1ccccc1)c1ccc(Oc2ccccc2)cc1. The molecule has 24 heavy (non-hydrogen) atoms. The number of rotatable bonds is 6. The van der Waals surface area contributed by atoms with Crippen molar-refractivity contribution in [3.05, 3.63) is 96.1 Å². The summed E-state index contributed by atoms with van der Waals surface area (Å²) in [5.74, 6) is 1.12. The van der Waals surface area contributed by atoms with Crippen LogP contribution in [0, 0.1) is 0 Å². The molecule has 0 atom stereocenters. The minimum Gasteiger partial charge on any atom is -0.462 e. The fourth-order valence-corrected chi connectivity index (χ4v) is 2.27. The molecule has 0 fully saturated rings. The van der Waals surface area contributed by atoms with E-state index in [9.17, 15) is 4.79 Å². The van der Waals surface area contributed by atoms with Gasteiger partial charge in [0.05, 0.1) is 12.2 Å². The van der Waals surface area contributed by atoms with Crippen LogP contribution in [-0.4, -0.2) is 12.6 Å². The van der Waals surface area contributed by atoms with E-state index in [1.807, 2.05) is 60.7 Å². The van der Waals surface area contributed by atoms with Crippen LogP contribution in [0.2, 0.25) is 0 Å². The first kappa shape index (κ1) is 15.8. The van der Waals surface area contributed by atoms with E-state index in [-0.39, 0.29) is 5.97 Å². The van der Waals surface area contributed by atoms with Gasteiger partial charge in [-0.05, 0) is 42.0 Å². The van der Waals surface area contributed by atoms with Gasteiger partial charge >= 0.3 is 5.97 Å². The molecule has 0 N–H and O–H groups in total. The van der Waals surface area contributed by atoms with Gasteiger partial charge in [0, 0.05) is 6.42 Å². The molecule has 0 aliphatic carbocycles. The molecule has 3 nitrogen and oxygen atoms in total. The molecule has 0 aliphatic rings. The molecular weight excluding hydrogens is 300 g/mol. The van der Waals surface area contributed by atoms with Gasteiger partial charge in [0.1, 0.15) is 11.5 Å². The lowest BCUT2D eigenvalue weighted by Gasteiger charge is -2.07. The van der Waals surface area contributed by atoms with E-state index in [2.05, 4.69) is 0 Å².